The van der Waals surface area contributed by atoms with E-state index in [0.717, 1.165) is 68.0 Å². The maximum absolute atomic E-state index is 12.6. The molecule has 2 aromatic carbocycles. The minimum Gasteiger partial charge on any atom is -0.493 e. The van der Waals surface area contributed by atoms with E-state index < -0.39 is 0 Å². The molecular weight excluding hydrogens is 466 g/mol. The molecule has 2 aliphatic heterocycles. The summed E-state index contributed by atoms with van der Waals surface area (Å²) in [6.45, 7) is 8.78. The highest BCUT2D eigenvalue weighted by molar-refractivity contribution is 6.15. The standard InChI is InChI=1S/C30H41N3O4/c1-5-7-16-36-17-8-14-31-30(34)22-11-9-21(10-12-22)29-24-19-27(35-4)28(37-6-2)18-23(24)25-20-33(3)15-13-26(25)32-29/h9-12,18-19,25-26H,5-8,13-17,20H2,1-4H3,(H,31,34)/t25-,26-/m1/s1. The Kier molecular flexibility index (Phi) is 9.58. The van der Waals surface area contributed by atoms with E-state index in [9.17, 15) is 4.79 Å². The van der Waals surface area contributed by atoms with Crippen LogP contribution in [0, 0.1) is 0 Å². The Morgan fingerprint density at radius 2 is 1.89 bits per heavy atom. The first-order valence-electron chi connectivity index (χ1n) is 13.6. The van der Waals surface area contributed by atoms with Crippen LogP contribution in [0.25, 0.3) is 0 Å². The van der Waals surface area contributed by atoms with Crippen LogP contribution in [-0.4, -0.2) is 76.2 Å². The van der Waals surface area contributed by atoms with Crippen LogP contribution < -0.4 is 14.8 Å². The molecule has 2 aromatic rings. The zero-order valence-electron chi connectivity index (χ0n) is 22.7. The quantitative estimate of drug-likeness (QED) is 0.423. The van der Waals surface area contributed by atoms with Crippen molar-refractivity contribution in [2.24, 2.45) is 4.99 Å². The molecule has 0 unspecified atom stereocenters. The zero-order chi connectivity index (χ0) is 26.2. The number of hydrogen-bond donors (Lipinski definition) is 1. The second-order valence-electron chi connectivity index (χ2n) is 9.88. The van der Waals surface area contributed by atoms with E-state index >= 15 is 0 Å². The van der Waals surface area contributed by atoms with E-state index in [1.807, 2.05) is 31.2 Å². The average Bonchev–Trinajstić information content (AvgIpc) is 2.92. The number of piperidine rings is 1. The molecule has 1 amide bonds. The van der Waals surface area contributed by atoms with Gasteiger partial charge in [-0.15, -0.1) is 0 Å². The Balaban J connectivity index is 1.52. The first-order valence-corrected chi connectivity index (χ1v) is 13.6. The summed E-state index contributed by atoms with van der Waals surface area (Å²) in [5, 5.41) is 2.99. The van der Waals surface area contributed by atoms with Gasteiger partial charge in [-0.2, -0.15) is 0 Å². The topological polar surface area (TPSA) is 72.4 Å². The van der Waals surface area contributed by atoms with Gasteiger partial charge in [0.2, 0.25) is 0 Å². The molecule has 7 nitrogen and oxygen atoms in total. The summed E-state index contributed by atoms with van der Waals surface area (Å²) in [6, 6.07) is 12.2. The van der Waals surface area contributed by atoms with Crippen LogP contribution in [-0.2, 0) is 4.74 Å². The van der Waals surface area contributed by atoms with Gasteiger partial charge in [0.25, 0.3) is 5.91 Å². The number of likely N-dealkylation sites (tertiary alicyclic amines) is 1. The van der Waals surface area contributed by atoms with Gasteiger partial charge >= 0.3 is 0 Å². The first kappa shape index (κ1) is 27.1. The van der Waals surface area contributed by atoms with Crippen LogP contribution in [0.4, 0.5) is 0 Å². The lowest BCUT2D eigenvalue weighted by atomic mass is 9.79. The monoisotopic (exact) mass is 507 g/mol. The Bertz CT molecular complexity index is 1080. The number of nitrogens with zero attached hydrogens (tertiary/aromatic N) is 2. The summed E-state index contributed by atoms with van der Waals surface area (Å²) < 4.78 is 17.2. The first-order chi connectivity index (χ1) is 18.0. The number of benzene rings is 2. The number of methoxy groups -OCH3 is 1. The smallest absolute Gasteiger partial charge is 0.251 e. The number of fused-ring (bicyclic) bond motifs is 3. The van der Waals surface area contributed by atoms with Gasteiger partial charge in [0.05, 0.1) is 25.5 Å². The van der Waals surface area contributed by atoms with Crippen LogP contribution in [0.3, 0.4) is 0 Å². The highest BCUT2D eigenvalue weighted by Gasteiger charge is 2.36. The molecule has 0 radical (unpaired) electrons. The van der Waals surface area contributed by atoms with Gasteiger partial charge in [0.1, 0.15) is 0 Å². The molecule has 1 N–H and O–H groups in total. The maximum Gasteiger partial charge on any atom is 0.251 e. The van der Waals surface area contributed by atoms with Crippen molar-refractivity contribution in [3.63, 3.8) is 0 Å². The summed E-state index contributed by atoms with van der Waals surface area (Å²) in [5.41, 5.74) is 4.95. The number of likely N-dealkylation sites (N-methyl/N-ethyl adjacent to an activating group) is 1. The molecule has 2 aliphatic rings. The van der Waals surface area contributed by atoms with Crippen molar-refractivity contribution in [2.75, 3.05) is 53.6 Å². The van der Waals surface area contributed by atoms with Crippen LogP contribution in [0.15, 0.2) is 41.4 Å². The SMILES string of the molecule is CCCCOCCCNC(=O)c1ccc(C2=N[C@@H]3CCN(C)C[C@@H]3c3cc(OCC)c(OC)cc32)cc1. The number of nitrogens with one attached hydrogen (secondary N) is 1. The van der Waals surface area contributed by atoms with E-state index in [-0.39, 0.29) is 11.9 Å². The van der Waals surface area contributed by atoms with Crippen LogP contribution >= 0.6 is 0 Å². The predicted molar refractivity (Wildman–Crippen MR) is 148 cm³/mol. The summed E-state index contributed by atoms with van der Waals surface area (Å²) in [7, 11) is 3.84. The molecule has 0 aliphatic carbocycles. The Morgan fingerprint density at radius 3 is 2.62 bits per heavy atom. The zero-order valence-corrected chi connectivity index (χ0v) is 22.7. The number of ether oxygens (including phenoxy) is 3. The fourth-order valence-electron chi connectivity index (χ4n) is 5.15. The third-order valence-corrected chi connectivity index (χ3v) is 7.18. The van der Waals surface area contributed by atoms with Gasteiger partial charge in [0.15, 0.2) is 11.5 Å². The molecule has 37 heavy (non-hydrogen) atoms. The van der Waals surface area contributed by atoms with Crippen molar-refractivity contribution in [1.82, 2.24) is 10.2 Å². The van der Waals surface area contributed by atoms with E-state index in [1.54, 1.807) is 7.11 Å². The van der Waals surface area contributed by atoms with E-state index in [2.05, 4.69) is 36.3 Å². The largest absolute Gasteiger partial charge is 0.493 e. The van der Waals surface area contributed by atoms with Gasteiger partial charge in [0, 0.05) is 48.9 Å². The molecule has 4 rings (SSSR count). The Hall–Kier alpha value is -2.90. The molecule has 0 bridgehead atoms. The normalized spacial score (nSPS) is 19.0. The van der Waals surface area contributed by atoms with E-state index in [1.165, 1.54) is 5.56 Å². The average molecular weight is 508 g/mol. The number of carbonyl (C=O) groups is 1. The molecule has 0 saturated carbocycles. The fraction of sp³-hybridized carbons (Fsp3) is 0.533. The Morgan fingerprint density at radius 1 is 1.11 bits per heavy atom. The number of unbranched alkanes of at least 4 members (excludes halogenated alkanes) is 1. The predicted octanol–water partition coefficient (Wildman–Crippen LogP) is 4.67. The molecule has 0 spiro atoms. The third kappa shape index (κ3) is 6.51. The highest BCUT2D eigenvalue weighted by atomic mass is 16.5. The van der Waals surface area contributed by atoms with Crippen molar-refractivity contribution in [1.29, 1.82) is 0 Å². The second kappa shape index (κ2) is 13.1. The van der Waals surface area contributed by atoms with Crippen LogP contribution in [0.5, 0.6) is 11.5 Å². The summed E-state index contributed by atoms with van der Waals surface area (Å²) in [5.74, 6) is 1.74. The second-order valence-corrected chi connectivity index (χ2v) is 9.88. The van der Waals surface area contributed by atoms with Gasteiger partial charge < -0.3 is 24.4 Å². The number of carbonyl (C=O) groups excluding carboxylic acids is 1. The molecule has 2 heterocycles. The minimum atomic E-state index is -0.0653. The molecular formula is C30H41N3O4. The molecule has 2 atom stereocenters. The fourth-order valence-corrected chi connectivity index (χ4v) is 5.15. The van der Waals surface area contributed by atoms with Crippen molar-refractivity contribution in [3.8, 4) is 11.5 Å². The van der Waals surface area contributed by atoms with E-state index in [4.69, 9.17) is 19.2 Å². The Labute approximate surface area is 221 Å². The third-order valence-electron chi connectivity index (χ3n) is 7.18. The van der Waals surface area contributed by atoms with Crippen molar-refractivity contribution < 1.29 is 19.0 Å². The lowest BCUT2D eigenvalue weighted by Gasteiger charge is -2.39. The summed E-state index contributed by atoms with van der Waals surface area (Å²) in [4.78, 5) is 20.3. The molecule has 200 valence electrons. The van der Waals surface area contributed by atoms with Crippen molar-refractivity contribution >= 4 is 11.6 Å². The lowest BCUT2D eigenvalue weighted by Crippen LogP contribution is -2.41. The van der Waals surface area contributed by atoms with Crippen LogP contribution in [0.1, 0.15) is 72.5 Å². The number of rotatable bonds is 12. The molecule has 1 fully saturated rings. The highest BCUT2D eigenvalue weighted by Crippen LogP contribution is 2.42. The van der Waals surface area contributed by atoms with Gasteiger partial charge in [-0.1, -0.05) is 25.5 Å². The number of hydrogen-bond acceptors (Lipinski definition) is 6. The van der Waals surface area contributed by atoms with E-state index in [0.29, 0.717) is 37.0 Å². The molecule has 0 aromatic heterocycles. The lowest BCUT2D eigenvalue weighted by molar-refractivity contribution is 0.0940. The number of aliphatic imine (C=N–C) groups is 1. The minimum absolute atomic E-state index is 0.0653. The van der Waals surface area contributed by atoms with Gasteiger partial charge in [-0.05, 0) is 69.6 Å². The van der Waals surface area contributed by atoms with Gasteiger partial charge in [-0.3, -0.25) is 9.79 Å². The van der Waals surface area contributed by atoms with Crippen LogP contribution in [0.2, 0.25) is 0 Å². The number of amides is 1. The summed E-state index contributed by atoms with van der Waals surface area (Å²) in [6.07, 6.45) is 4.03. The molecule has 1 saturated heterocycles. The van der Waals surface area contributed by atoms with Crippen molar-refractivity contribution in [3.05, 3.63) is 58.7 Å². The molecule has 7 heteroatoms. The maximum atomic E-state index is 12.6. The summed E-state index contributed by atoms with van der Waals surface area (Å²) >= 11 is 0. The van der Waals surface area contributed by atoms with Gasteiger partial charge in [-0.25, -0.2) is 0 Å². The van der Waals surface area contributed by atoms with Crippen molar-refractivity contribution in [2.45, 2.75) is 51.5 Å².